The summed E-state index contributed by atoms with van der Waals surface area (Å²) < 4.78 is 24.5. The zero-order valence-corrected chi connectivity index (χ0v) is 7.55. The highest BCUT2D eigenvalue weighted by molar-refractivity contribution is 6.33. The largest absolute Gasteiger partial charge is 0.383 e. The van der Waals surface area contributed by atoms with Gasteiger partial charge in [-0.15, -0.1) is 0 Å². The van der Waals surface area contributed by atoms with E-state index >= 15 is 0 Å². The number of carbonyl (C=O) groups is 1. The Bertz CT molecular complexity index is 383. The molecule has 0 aliphatic rings. The number of alkyl halides is 2. The molecule has 76 valence electrons. The van der Waals surface area contributed by atoms with E-state index < -0.39 is 23.7 Å². The van der Waals surface area contributed by atoms with Crippen molar-refractivity contribution in [3.8, 4) is 0 Å². The first kappa shape index (κ1) is 10.6. The predicted octanol–water partition coefficient (Wildman–Crippen LogP) is 1.35. The third-order valence-electron chi connectivity index (χ3n) is 1.50. The number of rotatable bonds is 2. The number of hydrogen-bond acceptors (Lipinski definition) is 3. The van der Waals surface area contributed by atoms with Gasteiger partial charge in [-0.2, -0.15) is 0 Å². The van der Waals surface area contributed by atoms with Gasteiger partial charge in [0.05, 0.1) is 10.6 Å². The number of halogens is 3. The Kier molecular flexibility index (Phi) is 2.85. The molecule has 14 heavy (non-hydrogen) atoms. The van der Waals surface area contributed by atoms with E-state index in [2.05, 4.69) is 4.98 Å². The maximum Gasteiger partial charge on any atom is 0.268 e. The lowest BCUT2D eigenvalue weighted by Crippen LogP contribution is -2.15. The molecular formula is C7H6ClF2N3O. The van der Waals surface area contributed by atoms with E-state index in [0.29, 0.717) is 0 Å². The minimum absolute atomic E-state index is 0.234. The molecule has 1 aromatic heterocycles. The minimum atomic E-state index is -2.79. The van der Waals surface area contributed by atoms with E-state index in [9.17, 15) is 13.6 Å². The molecule has 0 bridgehead atoms. The molecule has 0 saturated heterocycles. The second kappa shape index (κ2) is 3.75. The van der Waals surface area contributed by atoms with Crippen molar-refractivity contribution in [1.82, 2.24) is 4.98 Å². The molecule has 0 spiro atoms. The fraction of sp³-hybridized carbons (Fsp3) is 0.143. The summed E-state index contributed by atoms with van der Waals surface area (Å²) in [6.45, 7) is 0. The summed E-state index contributed by atoms with van der Waals surface area (Å²) in [5.74, 6) is -1.36. The fourth-order valence-electron chi connectivity index (χ4n) is 0.865. The van der Waals surface area contributed by atoms with Crippen LogP contribution >= 0.6 is 11.6 Å². The van der Waals surface area contributed by atoms with Crippen molar-refractivity contribution in [1.29, 1.82) is 0 Å². The van der Waals surface area contributed by atoms with E-state index in [1.807, 2.05) is 0 Å². The van der Waals surface area contributed by atoms with E-state index in [1.165, 1.54) is 0 Å². The Hall–Kier alpha value is -1.43. The Labute approximate surface area is 82.9 Å². The molecule has 0 radical (unpaired) electrons. The SMILES string of the molecule is NC(=O)c1nc(N)c(C(F)F)cc1Cl. The number of carbonyl (C=O) groups excluding carboxylic acids is 1. The average molecular weight is 222 g/mol. The van der Waals surface area contributed by atoms with Gasteiger partial charge in [-0.05, 0) is 6.07 Å². The Morgan fingerprint density at radius 1 is 1.57 bits per heavy atom. The van der Waals surface area contributed by atoms with Gasteiger partial charge in [-0.3, -0.25) is 4.79 Å². The van der Waals surface area contributed by atoms with Gasteiger partial charge in [-0.25, -0.2) is 13.8 Å². The van der Waals surface area contributed by atoms with Crippen molar-refractivity contribution < 1.29 is 13.6 Å². The number of nitrogens with two attached hydrogens (primary N) is 2. The third-order valence-corrected chi connectivity index (χ3v) is 1.79. The summed E-state index contributed by atoms with van der Waals surface area (Å²) in [5.41, 5.74) is 9.23. The Morgan fingerprint density at radius 3 is 2.57 bits per heavy atom. The summed E-state index contributed by atoms with van der Waals surface area (Å²) in [6.07, 6.45) is -2.79. The van der Waals surface area contributed by atoms with Gasteiger partial charge in [0, 0.05) is 0 Å². The van der Waals surface area contributed by atoms with Crippen LogP contribution in [0.15, 0.2) is 6.07 Å². The van der Waals surface area contributed by atoms with E-state index in [1.54, 1.807) is 0 Å². The number of aromatic nitrogens is 1. The van der Waals surface area contributed by atoms with Crippen molar-refractivity contribution in [3.05, 3.63) is 22.3 Å². The van der Waals surface area contributed by atoms with Gasteiger partial charge in [-0.1, -0.05) is 11.6 Å². The molecule has 0 aromatic carbocycles. The fourth-order valence-corrected chi connectivity index (χ4v) is 1.12. The van der Waals surface area contributed by atoms with Crippen molar-refractivity contribution in [3.63, 3.8) is 0 Å². The highest BCUT2D eigenvalue weighted by atomic mass is 35.5. The quantitative estimate of drug-likeness (QED) is 0.791. The molecule has 0 atom stereocenters. The summed E-state index contributed by atoms with van der Waals surface area (Å²) >= 11 is 5.49. The van der Waals surface area contributed by atoms with Gasteiger partial charge < -0.3 is 11.5 Å². The molecule has 4 N–H and O–H groups in total. The van der Waals surface area contributed by atoms with E-state index in [0.717, 1.165) is 6.07 Å². The van der Waals surface area contributed by atoms with E-state index in [-0.39, 0.29) is 10.7 Å². The zero-order valence-electron chi connectivity index (χ0n) is 6.80. The molecule has 0 aliphatic carbocycles. The lowest BCUT2D eigenvalue weighted by molar-refractivity contribution is 0.0995. The van der Waals surface area contributed by atoms with Crippen LogP contribution in [0.25, 0.3) is 0 Å². The number of nitrogens with zero attached hydrogens (tertiary/aromatic N) is 1. The summed E-state index contributed by atoms with van der Waals surface area (Å²) in [7, 11) is 0. The van der Waals surface area contributed by atoms with Crippen molar-refractivity contribution in [2.75, 3.05) is 5.73 Å². The molecule has 1 amide bonds. The minimum Gasteiger partial charge on any atom is -0.383 e. The first-order chi connectivity index (χ1) is 6.43. The molecule has 1 heterocycles. The molecule has 0 saturated carbocycles. The molecule has 7 heteroatoms. The number of amides is 1. The van der Waals surface area contributed by atoms with Crippen molar-refractivity contribution in [2.45, 2.75) is 6.43 Å². The van der Waals surface area contributed by atoms with Crippen LogP contribution in [-0.2, 0) is 0 Å². The number of pyridine rings is 1. The van der Waals surface area contributed by atoms with Crippen LogP contribution < -0.4 is 11.5 Å². The van der Waals surface area contributed by atoms with E-state index in [4.69, 9.17) is 23.1 Å². The highest BCUT2D eigenvalue weighted by Crippen LogP contribution is 2.27. The van der Waals surface area contributed by atoms with Crippen LogP contribution in [0.3, 0.4) is 0 Å². The van der Waals surface area contributed by atoms with Gasteiger partial charge in [0.15, 0.2) is 0 Å². The number of hydrogen-bond donors (Lipinski definition) is 2. The molecular weight excluding hydrogens is 216 g/mol. The topological polar surface area (TPSA) is 82.0 Å². The standard InChI is InChI=1S/C7H6ClF2N3O/c8-3-1-2(5(9)10)6(11)13-4(3)7(12)14/h1,5H,(H2,11,13)(H2,12,14). The molecule has 4 nitrogen and oxygen atoms in total. The molecule has 0 aliphatic heterocycles. The first-order valence-electron chi connectivity index (χ1n) is 3.47. The summed E-state index contributed by atoms with van der Waals surface area (Å²) in [4.78, 5) is 14.1. The smallest absolute Gasteiger partial charge is 0.268 e. The van der Waals surface area contributed by atoms with Gasteiger partial charge in [0.2, 0.25) is 0 Å². The monoisotopic (exact) mass is 221 g/mol. The number of primary amides is 1. The molecule has 0 unspecified atom stereocenters. The van der Waals surface area contributed by atoms with Crippen LogP contribution in [0.4, 0.5) is 14.6 Å². The maximum absolute atomic E-state index is 12.2. The van der Waals surface area contributed by atoms with Crippen molar-refractivity contribution in [2.24, 2.45) is 5.73 Å². The van der Waals surface area contributed by atoms with Crippen LogP contribution in [-0.4, -0.2) is 10.9 Å². The van der Waals surface area contributed by atoms with Crippen LogP contribution in [0.2, 0.25) is 5.02 Å². The van der Waals surface area contributed by atoms with Crippen LogP contribution in [0.5, 0.6) is 0 Å². The van der Waals surface area contributed by atoms with Crippen LogP contribution in [0.1, 0.15) is 22.5 Å². The summed E-state index contributed by atoms with van der Waals surface area (Å²) in [5, 5.41) is -0.234. The first-order valence-corrected chi connectivity index (χ1v) is 3.85. The maximum atomic E-state index is 12.2. The van der Waals surface area contributed by atoms with Crippen molar-refractivity contribution >= 4 is 23.3 Å². The number of nitrogen functional groups attached to an aromatic ring is 1. The lowest BCUT2D eigenvalue weighted by atomic mass is 10.2. The molecule has 1 rings (SSSR count). The van der Waals surface area contributed by atoms with Crippen LogP contribution in [0, 0.1) is 0 Å². The number of anilines is 1. The van der Waals surface area contributed by atoms with Gasteiger partial charge in [0.25, 0.3) is 12.3 Å². The van der Waals surface area contributed by atoms with Gasteiger partial charge in [0.1, 0.15) is 11.5 Å². The highest BCUT2D eigenvalue weighted by Gasteiger charge is 2.17. The second-order valence-corrected chi connectivity index (χ2v) is 2.87. The average Bonchev–Trinajstić information content (AvgIpc) is 2.07. The predicted molar refractivity (Wildman–Crippen MR) is 47.1 cm³/mol. The lowest BCUT2D eigenvalue weighted by Gasteiger charge is -2.06. The molecule has 1 aromatic rings. The Balaban J connectivity index is 3.31. The molecule has 0 fully saturated rings. The zero-order chi connectivity index (χ0) is 10.9. The Morgan fingerprint density at radius 2 is 2.14 bits per heavy atom. The third kappa shape index (κ3) is 1.90. The van der Waals surface area contributed by atoms with Gasteiger partial charge >= 0.3 is 0 Å². The normalized spacial score (nSPS) is 10.6. The second-order valence-electron chi connectivity index (χ2n) is 2.46. The summed E-state index contributed by atoms with van der Waals surface area (Å²) in [6, 6.07) is 0.884.